The molecule has 0 saturated heterocycles. The Balaban J connectivity index is 1.88. The van der Waals surface area contributed by atoms with E-state index in [9.17, 15) is 4.79 Å². The number of nitrogens with one attached hydrogen (secondary N) is 2. The van der Waals surface area contributed by atoms with Crippen molar-refractivity contribution in [1.29, 1.82) is 0 Å². The van der Waals surface area contributed by atoms with Crippen molar-refractivity contribution in [2.45, 2.75) is 0 Å². The molecule has 2 heterocycles. The van der Waals surface area contributed by atoms with Gasteiger partial charge in [-0.2, -0.15) is 4.98 Å². The second-order valence-corrected chi connectivity index (χ2v) is 4.20. The maximum Gasteiger partial charge on any atom is 0.316 e. The fourth-order valence-electron chi connectivity index (χ4n) is 1.87. The van der Waals surface area contributed by atoms with Gasteiger partial charge in [0, 0.05) is 29.2 Å². The summed E-state index contributed by atoms with van der Waals surface area (Å²) in [5.74, 6) is -0.0840. The van der Waals surface area contributed by atoms with Gasteiger partial charge in [-0.1, -0.05) is 11.2 Å². The van der Waals surface area contributed by atoms with Crippen molar-refractivity contribution >= 4 is 16.8 Å². The van der Waals surface area contributed by atoms with E-state index in [-0.39, 0.29) is 5.89 Å². The van der Waals surface area contributed by atoms with E-state index in [4.69, 9.17) is 4.52 Å². The molecule has 6 nitrogen and oxygen atoms in total. The van der Waals surface area contributed by atoms with Crippen molar-refractivity contribution in [3.8, 4) is 11.4 Å². The van der Waals surface area contributed by atoms with Gasteiger partial charge in [0.1, 0.15) is 0 Å². The highest BCUT2D eigenvalue weighted by Crippen LogP contribution is 2.21. The van der Waals surface area contributed by atoms with Gasteiger partial charge in [-0.15, -0.1) is 6.58 Å². The fourth-order valence-corrected chi connectivity index (χ4v) is 1.87. The molecule has 2 aromatic heterocycles. The number of H-pyrrole nitrogens is 1. The summed E-state index contributed by atoms with van der Waals surface area (Å²) in [5, 5.41) is 7.45. The van der Waals surface area contributed by atoms with Crippen LogP contribution in [0.1, 0.15) is 10.7 Å². The topological polar surface area (TPSA) is 83.8 Å². The number of aromatic nitrogens is 3. The molecule has 100 valence electrons. The smallest absolute Gasteiger partial charge is 0.316 e. The van der Waals surface area contributed by atoms with Crippen molar-refractivity contribution in [3.05, 3.63) is 49.0 Å². The van der Waals surface area contributed by atoms with Gasteiger partial charge in [0.2, 0.25) is 5.82 Å². The number of amides is 1. The first-order chi connectivity index (χ1) is 9.78. The highest BCUT2D eigenvalue weighted by atomic mass is 16.5. The summed E-state index contributed by atoms with van der Waals surface area (Å²) in [6.45, 7) is 3.87. The fraction of sp³-hybridized carbons (Fsp3) is 0.0714. The Hall–Kier alpha value is -2.89. The van der Waals surface area contributed by atoms with Crippen molar-refractivity contribution in [2.24, 2.45) is 0 Å². The Morgan fingerprint density at radius 3 is 3.20 bits per heavy atom. The molecule has 1 amide bonds. The molecule has 0 saturated carbocycles. The maximum atomic E-state index is 11.7. The normalized spacial score (nSPS) is 10.6. The maximum absolute atomic E-state index is 11.7. The van der Waals surface area contributed by atoms with E-state index in [2.05, 4.69) is 27.0 Å². The summed E-state index contributed by atoms with van der Waals surface area (Å²) in [6, 6.07) is 7.69. The number of carbonyl (C=O) groups excluding carboxylic acids is 1. The summed E-state index contributed by atoms with van der Waals surface area (Å²) in [4.78, 5) is 18.9. The quantitative estimate of drug-likeness (QED) is 0.710. The Labute approximate surface area is 114 Å². The second-order valence-electron chi connectivity index (χ2n) is 4.20. The van der Waals surface area contributed by atoms with Crippen LogP contribution in [0.3, 0.4) is 0 Å². The summed E-state index contributed by atoms with van der Waals surface area (Å²) in [5.41, 5.74) is 1.82. The molecule has 3 aromatic rings. The van der Waals surface area contributed by atoms with E-state index in [0.717, 1.165) is 16.5 Å². The van der Waals surface area contributed by atoms with Crippen LogP contribution in [0.15, 0.2) is 47.6 Å². The van der Waals surface area contributed by atoms with Gasteiger partial charge in [0.15, 0.2) is 0 Å². The van der Waals surface area contributed by atoms with Gasteiger partial charge in [-0.05, 0) is 24.3 Å². The van der Waals surface area contributed by atoms with Gasteiger partial charge in [0.25, 0.3) is 0 Å². The number of benzene rings is 1. The van der Waals surface area contributed by atoms with Crippen molar-refractivity contribution < 1.29 is 9.32 Å². The SMILES string of the molecule is C=CCNC(=O)c1nc(-c2ccc3[nH]ccc3c2)no1. The van der Waals surface area contributed by atoms with Crippen LogP contribution in [0.4, 0.5) is 0 Å². The van der Waals surface area contributed by atoms with Crippen LogP contribution in [-0.2, 0) is 0 Å². The first-order valence-electron chi connectivity index (χ1n) is 6.08. The zero-order chi connectivity index (χ0) is 13.9. The molecule has 0 aliphatic rings. The standard InChI is InChI=1S/C14H12N4O2/c1-2-6-16-13(19)14-17-12(18-20-14)10-3-4-11-9(8-10)5-7-15-11/h2-5,7-8,15H,1,6H2,(H,16,19). The van der Waals surface area contributed by atoms with Crippen molar-refractivity contribution in [3.63, 3.8) is 0 Å². The highest BCUT2D eigenvalue weighted by Gasteiger charge is 2.15. The predicted molar refractivity (Wildman–Crippen MR) is 74.1 cm³/mol. The van der Waals surface area contributed by atoms with Crippen LogP contribution < -0.4 is 5.32 Å². The van der Waals surface area contributed by atoms with E-state index in [1.807, 2.05) is 30.5 Å². The molecule has 0 fully saturated rings. The lowest BCUT2D eigenvalue weighted by atomic mass is 10.1. The molecular formula is C14H12N4O2. The molecule has 0 bridgehead atoms. The lowest BCUT2D eigenvalue weighted by molar-refractivity contribution is 0.0914. The molecule has 0 radical (unpaired) electrons. The van der Waals surface area contributed by atoms with Gasteiger partial charge < -0.3 is 14.8 Å². The van der Waals surface area contributed by atoms with Gasteiger partial charge in [-0.3, -0.25) is 4.79 Å². The number of aromatic amines is 1. The third-order valence-corrected chi connectivity index (χ3v) is 2.84. The molecule has 2 N–H and O–H groups in total. The molecule has 6 heteroatoms. The van der Waals surface area contributed by atoms with Gasteiger partial charge in [-0.25, -0.2) is 0 Å². The number of nitrogens with zero attached hydrogens (tertiary/aromatic N) is 2. The van der Waals surface area contributed by atoms with E-state index in [0.29, 0.717) is 12.4 Å². The van der Waals surface area contributed by atoms with Crippen LogP contribution in [0.25, 0.3) is 22.3 Å². The van der Waals surface area contributed by atoms with Crippen LogP contribution in [-0.4, -0.2) is 27.6 Å². The third kappa shape index (κ3) is 2.18. The minimum Gasteiger partial charge on any atom is -0.361 e. The summed E-state index contributed by atoms with van der Waals surface area (Å²) >= 11 is 0. The Kier molecular flexibility index (Phi) is 3.04. The van der Waals surface area contributed by atoms with E-state index >= 15 is 0 Å². The summed E-state index contributed by atoms with van der Waals surface area (Å²) in [7, 11) is 0. The third-order valence-electron chi connectivity index (χ3n) is 2.84. The molecule has 3 rings (SSSR count). The van der Waals surface area contributed by atoms with E-state index in [1.54, 1.807) is 6.08 Å². The number of hydrogen-bond acceptors (Lipinski definition) is 4. The van der Waals surface area contributed by atoms with Gasteiger partial charge >= 0.3 is 11.8 Å². The molecule has 0 atom stereocenters. The largest absolute Gasteiger partial charge is 0.361 e. The number of rotatable bonds is 4. The van der Waals surface area contributed by atoms with Crippen LogP contribution >= 0.6 is 0 Å². The number of carbonyl (C=O) groups is 1. The average molecular weight is 268 g/mol. The Bertz CT molecular complexity index is 772. The summed E-state index contributed by atoms with van der Waals surface area (Å²) < 4.78 is 4.96. The molecule has 0 spiro atoms. The molecular weight excluding hydrogens is 256 g/mol. The summed E-state index contributed by atoms with van der Waals surface area (Å²) in [6.07, 6.45) is 3.44. The second kappa shape index (κ2) is 5.00. The van der Waals surface area contributed by atoms with Crippen LogP contribution in [0.2, 0.25) is 0 Å². The zero-order valence-electron chi connectivity index (χ0n) is 10.6. The van der Waals surface area contributed by atoms with E-state index < -0.39 is 5.91 Å². The van der Waals surface area contributed by atoms with E-state index in [1.165, 1.54) is 0 Å². The molecule has 0 unspecified atom stereocenters. The average Bonchev–Trinajstić information content (AvgIpc) is 3.12. The van der Waals surface area contributed by atoms with Gasteiger partial charge in [0.05, 0.1) is 0 Å². The lowest BCUT2D eigenvalue weighted by Gasteiger charge is -1.95. The number of hydrogen-bond donors (Lipinski definition) is 2. The Morgan fingerprint density at radius 2 is 2.35 bits per heavy atom. The number of fused-ring (bicyclic) bond motifs is 1. The molecule has 1 aromatic carbocycles. The monoisotopic (exact) mass is 268 g/mol. The highest BCUT2D eigenvalue weighted by molar-refractivity contribution is 5.90. The first-order valence-corrected chi connectivity index (χ1v) is 6.08. The molecule has 20 heavy (non-hydrogen) atoms. The first kappa shape index (κ1) is 12.2. The predicted octanol–water partition coefficient (Wildman–Crippen LogP) is 2.13. The minimum atomic E-state index is -0.411. The molecule has 0 aliphatic heterocycles. The van der Waals surface area contributed by atoms with Crippen molar-refractivity contribution in [2.75, 3.05) is 6.54 Å². The lowest BCUT2D eigenvalue weighted by Crippen LogP contribution is -2.23. The minimum absolute atomic E-state index is 0.0592. The van der Waals surface area contributed by atoms with Crippen LogP contribution in [0.5, 0.6) is 0 Å². The molecule has 0 aliphatic carbocycles. The Morgan fingerprint density at radius 1 is 1.45 bits per heavy atom. The van der Waals surface area contributed by atoms with Crippen molar-refractivity contribution in [1.82, 2.24) is 20.4 Å². The van der Waals surface area contributed by atoms with Crippen LogP contribution in [0, 0.1) is 0 Å². The zero-order valence-corrected chi connectivity index (χ0v) is 10.6.